The normalized spacial score (nSPS) is 10.7. The predicted molar refractivity (Wildman–Crippen MR) is 79.2 cm³/mol. The quantitative estimate of drug-likeness (QED) is 0.483. The van der Waals surface area contributed by atoms with Crippen molar-refractivity contribution in [2.24, 2.45) is 0 Å². The van der Waals surface area contributed by atoms with E-state index in [9.17, 15) is 15.0 Å². The maximum absolute atomic E-state index is 11.6. The molecule has 0 atom stereocenters. The van der Waals surface area contributed by atoms with Crippen molar-refractivity contribution in [3.05, 3.63) is 48.1 Å². The minimum Gasteiger partial charge on any atom is -0.505 e. The van der Waals surface area contributed by atoms with Gasteiger partial charge >= 0.3 is 0 Å². The Hall–Kier alpha value is -3.09. The molecule has 0 aliphatic carbocycles. The largest absolute Gasteiger partial charge is 0.505 e. The first kappa shape index (κ1) is 15.3. The Kier molecular flexibility index (Phi) is 4.92. The van der Waals surface area contributed by atoms with Gasteiger partial charge in [0.1, 0.15) is 5.82 Å². The van der Waals surface area contributed by atoms with Crippen molar-refractivity contribution in [3.63, 3.8) is 0 Å². The molecule has 2 aromatic rings. The number of nitrogens with one attached hydrogen (secondary N) is 1. The van der Waals surface area contributed by atoms with Gasteiger partial charge < -0.3 is 20.6 Å². The molecule has 0 bridgehead atoms. The molecule has 22 heavy (non-hydrogen) atoms. The van der Waals surface area contributed by atoms with Crippen LogP contribution in [0.4, 0.5) is 0 Å². The molecule has 0 spiro atoms. The second kappa shape index (κ2) is 7.07. The summed E-state index contributed by atoms with van der Waals surface area (Å²) in [6.45, 7) is 0.356. The number of aromatic hydroxyl groups is 3. The van der Waals surface area contributed by atoms with Gasteiger partial charge in [0.15, 0.2) is 17.2 Å². The summed E-state index contributed by atoms with van der Waals surface area (Å²) >= 11 is 0. The highest BCUT2D eigenvalue weighted by Gasteiger charge is 2.01. The van der Waals surface area contributed by atoms with Crippen molar-refractivity contribution in [1.82, 2.24) is 15.3 Å². The Bertz CT molecular complexity index is 684. The Morgan fingerprint density at radius 2 is 1.86 bits per heavy atom. The summed E-state index contributed by atoms with van der Waals surface area (Å²) in [5.74, 6) is -0.243. The Balaban J connectivity index is 1.81. The van der Waals surface area contributed by atoms with Gasteiger partial charge in [-0.25, -0.2) is 9.97 Å². The van der Waals surface area contributed by atoms with Crippen molar-refractivity contribution >= 4 is 12.0 Å². The van der Waals surface area contributed by atoms with Gasteiger partial charge in [0, 0.05) is 19.0 Å². The molecule has 4 N–H and O–H groups in total. The zero-order chi connectivity index (χ0) is 15.9. The number of benzene rings is 1. The molecule has 114 valence electrons. The lowest BCUT2D eigenvalue weighted by atomic mass is 10.2. The standard InChI is InChI=1S/C15H15N3O4/c19-11-8-17-14(18-9-11)5-6-16-15(22)4-2-10-1-3-12(20)13(21)7-10/h1-4,7-9,19-21H,5-6H2,(H,16,22)/b4-2+. The van der Waals surface area contributed by atoms with Crippen LogP contribution in [0.3, 0.4) is 0 Å². The Morgan fingerprint density at radius 1 is 1.14 bits per heavy atom. The molecule has 1 aromatic carbocycles. The van der Waals surface area contributed by atoms with Gasteiger partial charge in [-0.2, -0.15) is 0 Å². The van der Waals surface area contributed by atoms with Crippen molar-refractivity contribution in [1.29, 1.82) is 0 Å². The fourth-order valence-electron chi connectivity index (χ4n) is 1.65. The summed E-state index contributed by atoms with van der Waals surface area (Å²) < 4.78 is 0. The zero-order valence-corrected chi connectivity index (χ0v) is 11.6. The van der Waals surface area contributed by atoms with E-state index < -0.39 is 0 Å². The highest BCUT2D eigenvalue weighted by Crippen LogP contribution is 2.25. The molecular weight excluding hydrogens is 286 g/mol. The van der Waals surface area contributed by atoms with E-state index in [1.165, 1.54) is 36.7 Å². The fraction of sp³-hybridized carbons (Fsp3) is 0.133. The lowest BCUT2D eigenvalue weighted by Gasteiger charge is -2.02. The van der Waals surface area contributed by atoms with Crippen LogP contribution >= 0.6 is 0 Å². The molecular formula is C15H15N3O4. The van der Waals surface area contributed by atoms with Gasteiger partial charge in [-0.3, -0.25) is 4.79 Å². The first-order chi connectivity index (χ1) is 10.5. The molecule has 0 aliphatic heterocycles. The number of carbonyl (C=O) groups excluding carboxylic acids is 1. The highest BCUT2D eigenvalue weighted by molar-refractivity contribution is 5.91. The van der Waals surface area contributed by atoms with Gasteiger partial charge in [-0.15, -0.1) is 0 Å². The fourth-order valence-corrected chi connectivity index (χ4v) is 1.65. The van der Waals surface area contributed by atoms with Crippen molar-refractivity contribution in [2.75, 3.05) is 6.54 Å². The molecule has 1 heterocycles. The molecule has 0 saturated heterocycles. The Labute approximate surface area is 126 Å². The van der Waals surface area contributed by atoms with Crippen LogP contribution in [0.2, 0.25) is 0 Å². The summed E-state index contributed by atoms with van der Waals surface area (Å²) in [7, 11) is 0. The number of hydrogen-bond acceptors (Lipinski definition) is 6. The van der Waals surface area contributed by atoms with E-state index in [1.807, 2.05) is 0 Å². The maximum Gasteiger partial charge on any atom is 0.244 e. The van der Waals surface area contributed by atoms with Crippen LogP contribution in [0.15, 0.2) is 36.7 Å². The predicted octanol–water partition coefficient (Wildman–Crippen LogP) is 0.965. The van der Waals surface area contributed by atoms with Crippen LogP contribution < -0.4 is 5.32 Å². The van der Waals surface area contributed by atoms with Crippen LogP contribution in [0, 0.1) is 0 Å². The summed E-state index contributed by atoms with van der Waals surface area (Å²) in [4.78, 5) is 19.4. The molecule has 0 aliphatic rings. The molecule has 1 amide bonds. The second-order valence-corrected chi connectivity index (χ2v) is 4.48. The molecule has 7 nitrogen and oxygen atoms in total. The van der Waals surface area contributed by atoms with Gasteiger partial charge in [0.05, 0.1) is 12.4 Å². The summed E-state index contributed by atoms with van der Waals surface area (Å²) in [6, 6.07) is 4.27. The third-order valence-electron chi connectivity index (χ3n) is 2.77. The Morgan fingerprint density at radius 3 is 2.55 bits per heavy atom. The monoisotopic (exact) mass is 301 g/mol. The second-order valence-electron chi connectivity index (χ2n) is 4.48. The number of nitrogens with zero attached hydrogens (tertiary/aromatic N) is 2. The molecule has 0 saturated carbocycles. The minimum absolute atomic E-state index is 0.00660. The highest BCUT2D eigenvalue weighted by atomic mass is 16.3. The molecule has 0 radical (unpaired) electrons. The van der Waals surface area contributed by atoms with Crippen molar-refractivity contribution < 1.29 is 20.1 Å². The number of phenols is 2. The summed E-state index contributed by atoms with van der Waals surface area (Å²) in [6.07, 6.45) is 5.87. The lowest BCUT2D eigenvalue weighted by molar-refractivity contribution is -0.116. The van der Waals surface area contributed by atoms with Gasteiger partial charge in [-0.05, 0) is 23.8 Å². The molecule has 2 rings (SSSR count). The third-order valence-corrected chi connectivity index (χ3v) is 2.77. The number of amides is 1. The maximum atomic E-state index is 11.6. The third kappa shape index (κ3) is 4.48. The van der Waals surface area contributed by atoms with E-state index in [-0.39, 0.29) is 23.2 Å². The van der Waals surface area contributed by atoms with Crippen LogP contribution in [0.5, 0.6) is 17.2 Å². The molecule has 0 fully saturated rings. The molecule has 7 heteroatoms. The first-order valence-corrected chi connectivity index (χ1v) is 6.52. The number of hydrogen-bond donors (Lipinski definition) is 4. The number of phenolic OH excluding ortho intramolecular Hbond substituents is 2. The van der Waals surface area contributed by atoms with E-state index in [2.05, 4.69) is 15.3 Å². The summed E-state index contributed by atoms with van der Waals surface area (Å²) in [5, 5.41) is 30.2. The number of rotatable bonds is 5. The summed E-state index contributed by atoms with van der Waals surface area (Å²) in [5.41, 5.74) is 0.590. The van der Waals surface area contributed by atoms with E-state index in [4.69, 9.17) is 5.11 Å². The zero-order valence-electron chi connectivity index (χ0n) is 11.6. The van der Waals surface area contributed by atoms with E-state index in [0.717, 1.165) is 0 Å². The average Bonchev–Trinajstić information content (AvgIpc) is 2.50. The lowest BCUT2D eigenvalue weighted by Crippen LogP contribution is -2.24. The average molecular weight is 301 g/mol. The topological polar surface area (TPSA) is 116 Å². The molecule has 1 aromatic heterocycles. The van der Waals surface area contributed by atoms with E-state index >= 15 is 0 Å². The van der Waals surface area contributed by atoms with Gasteiger partial charge in [-0.1, -0.05) is 6.07 Å². The van der Waals surface area contributed by atoms with Crippen LogP contribution in [-0.4, -0.2) is 37.7 Å². The van der Waals surface area contributed by atoms with E-state index in [1.54, 1.807) is 6.07 Å². The first-order valence-electron chi connectivity index (χ1n) is 6.52. The van der Waals surface area contributed by atoms with Crippen LogP contribution in [-0.2, 0) is 11.2 Å². The van der Waals surface area contributed by atoms with Gasteiger partial charge in [0.2, 0.25) is 5.91 Å². The number of carbonyl (C=O) groups is 1. The molecule has 0 unspecified atom stereocenters. The van der Waals surface area contributed by atoms with Crippen LogP contribution in [0.25, 0.3) is 6.08 Å². The van der Waals surface area contributed by atoms with Crippen molar-refractivity contribution in [3.8, 4) is 17.2 Å². The SMILES string of the molecule is O=C(/C=C/c1ccc(O)c(O)c1)NCCc1ncc(O)cn1. The van der Waals surface area contributed by atoms with Gasteiger partial charge in [0.25, 0.3) is 0 Å². The van der Waals surface area contributed by atoms with Crippen LogP contribution in [0.1, 0.15) is 11.4 Å². The minimum atomic E-state index is -0.300. The van der Waals surface area contributed by atoms with E-state index in [0.29, 0.717) is 24.4 Å². The van der Waals surface area contributed by atoms with Crippen molar-refractivity contribution in [2.45, 2.75) is 6.42 Å². The smallest absolute Gasteiger partial charge is 0.244 e. The number of aromatic nitrogens is 2.